The van der Waals surface area contributed by atoms with Gasteiger partial charge in [0.15, 0.2) is 5.82 Å². The summed E-state index contributed by atoms with van der Waals surface area (Å²) in [5, 5.41) is 11.4. The Morgan fingerprint density at radius 1 is 1.29 bits per heavy atom. The number of halogens is 1. The largest absolute Gasteiger partial charge is 0.361 e. The predicted molar refractivity (Wildman–Crippen MR) is 78.6 cm³/mol. The zero-order chi connectivity index (χ0) is 14.1. The Bertz CT molecular complexity index is 578. The predicted octanol–water partition coefficient (Wildman–Crippen LogP) is 1.26. The van der Waals surface area contributed by atoms with Crippen molar-refractivity contribution in [2.24, 2.45) is 0 Å². The number of aromatic nitrogens is 3. The number of likely N-dealkylation sites (N-methyl/N-ethyl adjacent to an activating group) is 1. The first-order valence-corrected chi connectivity index (χ1v) is 6.80. The maximum atomic E-state index is 5.36. The molecule has 0 saturated carbocycles. The molecule has 1 atom stereocenters. The lowest BCUT2D eigenvalue weighted by atomic mass is 10.1. The van der Waals surface area contributed by atoms with Crippen LogP contribution in [0.4, 0.5) is 0 Å². The van der Waals surface area contributed by atoms with Gasteiger partial charge >= 0.3 is 0 Å². The third-order valence-corrected chi connectivity index (χ3v) is 3.80. The first kappa shape index (κ1) is 15.9. The lowest BCUT2D eigenvalue weighted by molar-refractivity contribution is 0.190. The van der Waals surface area contributed by atoms with E-state index in [1.54, 1.807) is 0 Å². The lowest BCUT2D eigenvalue weighted by Crippen LogP contribution is -2.44. The van der Waals surface area contributed by atoms with Crippen molar-refractivity contribution in [3.05, 3.63) is 28.7 Å². The molecule has 0 aromatic carbocycles. The number of hydrogen-bond donors (Lipinski definition) is 1. The monoisotopic (exact) mass is 313 g/mol. The molecule has 2 aromatic heterocycles. The Balaban J connectivity index is 0.00000161. The van der Waals surface area contributed by atoms with Gasteiger partial charge in [-0.25, -0.2) is 0 Å². The van der Waals surface area contributed by atoms with Gasteiger partial charge in [0.25, 0.3) is 0 Å². The molecule has 1 N–H and O–H groups in total. The van der Waals surface area contributed by atoms with Crippen molar-refractivity contribution in [3.8, 4) is 0 Å². The van der Waals surface area contributed by atoms with Crippen molar-refractivity contribution in [1.29, 1.82) is 0 Å². The van der Waals surface area contributed by atoms with Gasteiger partial charge in [0.2, 0.25) is 5.89 Å². The van der Waals surface area contributed by atoms with Gasteiger partial charge in [0.05, 0.1) is 18.2 Å². The number of hydrogen-bond acceptors (Lipinski definition) is 7. The van der Waals surface area contributed by atoms with Crippen LogP contribution in [0.3, 0.4) is 0 Å². The van der Waals surface area contributed by atoms with E-state index in [0.717, 1.165) is 42.5 Å². The van der Waals surface area contributed by atoms with E-state index < -0.39 is 0 Å². The SMILES string of the molecule is Cc1noc(C)c1Cc1nc(C2CNCCN2C)no1.Cl. The molecule has 0 spiro atoms. The van der Waals surface area contributed by atoms with Crippen molar-refractivity contribution in [2.75, 3.05) is 26.7 Å². The number of nitrogens with zero attached hydrogens (tertiary/aromatic N) is 4. The summed E-state index contributed by atoms with van der Waals surface area (Å²) in [4.78, 5) is 6.75. The highest BCUT2D eigenvalue weighted by molar-refractivity contribution is 5.85. The van der Waals surface area contributed by atoms with E-state index in [1.807, 2.05) is 13.8 Å². The second kappa shape index (κ2) is 6.55. The molecule has 1 aliphatic heterocycles. The zero-order valence-corrected chi connectivity index (χ0v) is 13.2. The van der Waals surface area contributed by atoms with Crippen molar-refractivity contribution < 1.29 is 9.05 Å². The molecular formula is C13H20ClN5O2. The van der Waals surface area contributed by atoms with Crippen molar-refractivity contribution in [2.45, 2.75) is 26.3 Å². The van der Waals surface area contributed by atoms with Crippen LogP contribution in [0.25, 0.3) is 0 Å². The van der Waals surface area contributed by atoms with Crippen molar-refractivity contribution in [3.63, 3.8) is 0 Å². The second-order valence-electron chi connectivity index (χ2n) is 5.23. The third kappa shape index (κ3) is 3.25. The first-order chi connectivity index (χ1) is 9.65. The molecule has 1 saturated heterocycles. The molecule has 1 fully saturated rings. The molecule has 0 aliphatic carbocycles. The Hall–Kier alpha value is -1.44. The smallest absolute Gasteiger partial charge is 0.231 e. The Morgan fingerprint density at radius 2 is 2.10 bits per heavy atom. The van der Waals surface area contributed by atoms with Gasteiger partial charge in [0.1, 0.15) is 5.76 Å². The molecule has 3 rings (SSSR count). The van der Waals surface area contributed by atoms with Crippen LogP contribution in [0.15, 0.2) is 9.05 Å². The summed E-state index contributed by atoms with van der Waals surface area (Å²) in [6.45, 7) is 6.64. The Morgan fingerprint density at radius 3 is 2.76 bits per heavy atom. The van der Waals surface area contributed by atoms with Gasteiger partial charge in [-0.1, -0.05) is 10.3 Å². The standard InChI is InChI=1S/C13H19N5O2.ClH/c1-8-10(9(2)19-16-8)6-12-15-13(17-20-12)11-7-14-4-5-18(11)3;/h11,14H,4-7H2,1-3H3;1H. The van der Waals surface area contributed by atoms with Gasteiger partial charge in [-0.15, -0.1) is 12.4 Å². The summed E-state index contributed by atoms with van der Waals surface area (Å²) in [6, 6.07) is 0.172. The fourth-order valence-electron chi connectivity index (χ4n) is 2.47. The van der Waals surface area contributed by atoms with Crippen LogP contribution in [-0.2, 0) is 6.42 Å². The van der Waals surface area contributed by atoms with E-state index in [4.69, 9.17) is 9.05 Å². The van der Waals surface area contributed by atoms with Crippen LogP contribution >= 0.6 is 12.4 Å². The van der Waals surface area contributed by atoms with Gasteiger partial charge < -0.3 is 14.4 Å². The van der Waals surface area contributed by atoms with Crippen LogP contribution in [0.2, 0.25) is 0 Å². The molecule has 0 bridgehead atoms. The van der Waals surface area contributed by atoms with E-state index in [0.29, 0.717) is 12.3 Å². The van der Waals surface area contributed by atoms with E-state index in [1.165, 1.54) is 0 Å². The minimum absolute atomic E-state index is 0. The van der Waals surface area contributed by atoms with Crippen LogP contribution < -0.4 is 5.32 Å². The maximum absolute atomic E-state index is 5.36. The quantitative estimate of drug-likeness (QED) is 0.913. The topological polar surface area (TPSA) is 80.2 Å². The van der Waals surface area contributed by atoms with Crippen molar-refractivity contribution in [1.82, 2.24) is 25.5 Å². The molecule has 116 valence electrons. The van der Waals surface area contributed by atoms with Crippen LogP contribution in [0, 0.1) is 13.8 Å². The number of nitrogens with one attached hydrogen (secondary N) is 1. The summed E-state index contributed by atoms with van der Waals surface area (Å²) >= 11 is 0. The van der Waals surface area contributed by atoms with Gasteiger partial charge in [-0.2, -0.15) is 4.98 Å². The van der Waals surface area contributed by atoms with Gasteiger partial charge in [-0.05, 0) is 20.9 Å². The van der Waals surface area contributed by atoms with Gasteiger partial charge in [0, 0.05) is 25.2 Å². The minimum atomic E-state index is 0. The Kier molecular flexibility index (Phi) is 4.97. The first-order valence-electron chi connectivity index (χ1n) is 6.80. The summed E-state index contributed by atoms with van der Waals surface area (Å²) in [5.41, 5.74) is 1.90. The highest BCUT2D eigenvalue weighted by atomic mass is 35.5. The molecule has 21 heavy (non-hydrogen) atoms. The normalized spacial score (nSPS) is 19.5. The lowest BCUT2D eigenvalue weighted by Gasteiger charge is -2.30. The average molecular weight is 314 g/mol. The summed E-state index contributed by atoms with van der Waals surface area (Å²) < 4.78 is 10.5. The van der Waals surface area contributed by atoms with E-state index >= 15 is 0 Å². The molecule has 7 nitrogen and oxygen atoms in total. The summed E-state index contributed by atoms with van der Waals surface area (Å²) in [7, 11) is 2.08. The minimum Gasteiger partial charge on any atom is -0.361 e. The summed E-state index contributed by atoms with van der Waals surface area (Å²) in [5.74, 6) is 2.15. The summed E-state index contributed by atoms with van der Waals surface area (Å²) in [6.07, 6.45) is 0.567. The number of rotatable bonds is 3. The van der Waals surface area contributed by atoms with Crippen LogP contribution in [0.1, 0.15) is 34.8 Å². The highest BCUT2D eigenvalue weighted by Gasteiger charge is 2.25. The number of aryl methyl sites for hydroxylation is 2. The molecule has 8 heteroatoms. The molecule has 2 aromatic rings. The molecule has 3 heterocycles. The zero-order valence-electron chi connectivity index (χ0n) is 12.4. The van der Waals surface area contributed by atoms with Gasteiger partial charge in [-0.3, -0.25) is 4.90 Å². The molecule has 0 radical (unpaired) electrons. The van der Waals surface area contributed by atoms with Crippen LogP contribution in [0.5, 0.6) is 0 Å². The highest BCUT2D eigenvalue weighted by Crippen LogP contribution is 2.20. The fourth-order valence-corrected chi connectivity index (χ4v) is 2.47. The van der Waals surface area contributed by atoms with Crippen molar-refractivity contribution >= 4 is 12.4 Å². The third-order valence-electron chi connectivity index (χ3n) is 3.80. The van der Waals surface area contributed by atoms with Crippen LogP contribution in [-0.4, -0.2) is 46.9 Å². The second-order valence-corrected chi connectivity index (χ2v) is 5.23. The molecule has 0 amide bonds. The maximum Gasteiger partial charge on any atom is 0.231 e. The molecule has 1 aliphatic rings. The molecule has 1 unspecified atom stereocenters. The average Bonchev–Trinajstić information content (AvgIpc) is 3.02. The Labute approximate surface area is 129 Å². The van der Waals surface area contributed by atoms with E-state index in [9.17, 15) is 0 Å². The fraction of sp³-hybridized carbons (Fsp3) is 0.615. The van der Waals surface area contributed by atoms with E-state index in [-0.39, 0.29) is 18.4 Å². The molecular weight excluding hydrogens is 294 g/mol. The number of piperazine rings is 1. The van der Waals surface area contributed by atoms with E-state index in [2.05, 4.69) is 32.6 Å².